The second kappa shape index (κ2) is 7.11. The Hall–Kier alpha value is -2.96. The Morgan fingerprint density at radius 3 is 2.04 bits per heavy atom. The summed E-state index contributed by atoms with van der Waals surface area (Å²) in [5, 5.41) is 0. The summed E-state index contributed by atoms with van der Waals surface area (Å²) in [6.45, 7) is 1.61. The maximum atomic E-state index is 13.3. The molecule has 0 atom stereocenters. The molecule has 1 saturated heterocycles. The molecule has 0 radical (unpaired) electrons. The number of halogens is 2. The molecule has 0 aliphatic carbocycles. The van der Waals surface area contributed by atoms with Crippen molar-refractivity contribution in [2.75, 3.05) is 19.7 Å². The average Bonchev–Trinajstić information content (AvgIpc) is 2.94. The quantitative estimate of drug-likeness (QED) is 0.768. The van der Waals surface area contributed by atoms with Crippen molar-refractivity contribution >= 4 is 12.1 Å². The van der Waals surface area contributed by atoms with Crippen molar-refractivity contribution in [2.45, 2.75) is 12.5 Å². The van der Waals surface area contributed by atoms with E-state index in [1.165, 1.54) is 53.4 Å². The topological polar surface area (TPSA) is 55.8 Å². The maximum absolute atomic E-state index is 13.3. The minimum absolute atomic E-state index is 0.0158. The molecule has 0 spiro atoms. The predicted octanol–water partition coefficient (Wildman–Crippen LogP) is 3.22. The molecular weight excluding hydrogens is 344 g/mol. The highest BCUT2D eigenvalue weighted by Crippen LogP contribution is 2.39. The van der Waals surface area contributed by atoms with Gasteiger partial charge in [-0.2, -0.15) is 0 Å². The third-order valence-electron chi connectivity index (χ3n) is 4.18. The Balaban J connectivity index is 1.99. The molecule has 1 aliphatic rings. The van der Waals surface area contributed by atoms with Gasteiger partial charge in [0.25, 0.3) is 0 Å². The lowest BCUT2D eigenvalue weighted by molar-refractivity contribution is -0.143. The molecule has 136 valence electrons. The number of hydrogen-bond acceptors (Lipinski definition) is 4. The summed E-state index contributed by atoms with van der Waals surface area (Å²) in [5.41, 5.74) is -0.235. The number of carbonyl (C=O) groups excluding carboxylic acids is 2. The van der Waals surface area contributed by atoms with E-state index in [2.05, 4.69) is 0 Å². The molecule has 0 saturated carbocycles. The van der Waals surface area contributed by atoms with Crippen molar-refractivity contribution in [1.82, 2.24) is 4.90 Å². The number of benzene rings is 2. The summed E-state index contributed by atoms with van der Waals surface area (Å²) < 4.78 is 37.2. The van der Waals surface area contributed by atoms with Crippen molar-refractivity contribution < 1.29 is 27.8 Å². The molecule has 0 bridgehead atoms. The molecule has 7 heteroatoms. The molecule has 2 aromatic rings. The van der Waals surface area contributed by atoms with E-state index in [0.717, 1.165) is 0 Å². The van der Waals surface area contributed by atoms with Gasteiger partial charge < -0.3 is 9.47 Å². The lowest BCUT2D eigenvalue weighted by Crippen LogP contribution is -2.36. The van der Waals surface area contributed by atoms with Crippen LogP contribution >= 0.6 is 0 Å². The van der Waals surface area contributed by atoms with Crippen LogP contribution in [-0.2, 0) is 19.9 Å². The van der Waals surface area contributed by atoms with Crippen LogP contribution in [0.25, 0.3) is 0 Å². The largest absolute Gasteiger partial charge is 0.465 e. The number of amides is 1. The molecule has 3 rings (SSSR count). The first-order valence-corrected chi connectivity index (χ1v) is 8.10. The standard InChI is InChI=1S/C19H17F2NO4/c1-2-25-17(23)11-22-12-19(26-18(22)24,13-3-7-15(20)8-4-13)14-5-9-16(21)10-6-14/h3-10H,2,11-12H2,1H3. The Kier molecular flexibility index (Phi) is 4.88. The Morgan fingerprint density at radius 2 is 1.58 bits per heavy atom. The summed E-state index contributed by atoms with van der Waals surface area (Å²) in [5.74, 6) is -1.43. The molecule has 1 amide bonds. The van der Waals surface area contributed by atoms with Gasteiger partial charge in [0, 0.05) is 11.1 Å². The van der Waals surface area contributed by atoms with Crippen LogP contribution in [0.1, 0.15) is 18.1 Å². The fourth-order valence-corrected chi connectivity index (χ4v) is 2.97. The van der Waals surface area contributed by atoms with Crippen molar-refractivity contribution in [3.63, 3.8) is 0 Å². The third kappa shape index (κ3) is 3.37. The minimum Gasteiger partial charge on any atom is -0.465 e. The van der Waals surface area contributed by atoms with Gasteiger partial charge in [0.2, 0.25) is 0 Å². The van der Waals surface area contributed by atoms with Gasteiger partial charge in [-0.25, -0.2) is 13.6 Å². The molecule has 26 heavy (non-hydrogen) atoms. The van der Waals surface area contributed by atoms with Crippen molar-refractivity contribution in [2.24, 2.45) is 0 Å². The van der Waals surface area contributed by atoms with Crippen LogP contribution in [0.3, 0.4) is 0 Å². The van der Waals surface area contributed by atoms with Crippen LogP contribution in [0.4, 0.5) is 13.6 Å². The van der Waals surface area contributed by atoms with Crippen LogP contribution in [0.15, 0.2) is 48.5 Å². The Morgan fingerprint density at radius 1 is 1.08 bits per heavy atom. The first-order valence-electron chi connectivity index (χ1n) is 8.10. The third-order valence-corrected chi connectivity index (χ3v) is 4.18. The van der Waals surface area contributed by atoms with E-state index >= 15 is 0 Å². The van der Waals surface area contributed by atoms with Gasteiger partial charge in [-0.3, -0.25) is 9.69 Å². The highest BCUT2D eigenvalue weighted by atomic mass is 19.1. The highest BCUT2D eigenvalue weighted by Gasteiger charge is 2.48. The Labute approximate surface area is 149 Å². The van der Waals surface area contributed by atoms with E-state index in [0.29, 0.717) is 11.1 Å². The average molecular weight is 361 g/mol. The molecular formula is C19H17F2NO4. The highest BCUT2D eigenvalue weighted by molar-refractivity contribution is 5.80. The number of cyclic esters (lactones) is 1. The number of ether oxygens (including phenoxy) is 2. The number of hydrogen-bond donors (Lipinski definition) is 0. The lowest BCUT2D eigenvalue weighted by Gasteiger charge is -2.28. The summed E-state index contributed by atoms with van der Waals surface area (Å²) >= 11 is 0. The SMILES string of the molecule is CCOC(=O)CN1CC(c2ccc(F)cc2)(c2ccc(F)cc2)OC1=O. The molecule has 1 aliphatic heterocycles. The second-order valence-corrected chi connectivity index (χ2v) is 5.87. The molecule has 0 unspecified atom stereocenters. The maximum Gasteiger partial charge on any atom is 0.411 e. The van der Waals surface area contributed by atoms with E-state index < -0.39 is 29.3 Å². The zero-order valence-corrected chi connectivity index (χ0v) is 14.1. The number of carbonyl (C=O) groups is 2. The Bertz CT molecular complexity index is 760. The smallest absolute Gasteiger partial charge is 0.411 e. The molecule has 2 aromatic carbocycles. The summed E-state index contributed by atoms with van der Waals surface area (Å²) in [6.07, 6.45) is -0.702. The van der Waals surface area contributed by atoms with E-state index in [4.69, 9.17) is 9.47 Å². The zero-order chi connectivity index (χ0) is 18.7. The van der Waals surface area contributed by atoms with Crippen molar-refractivity contribution in [1.29, 1.82) is 0 Å². The first-order chi connectivity index (χ1) is 12.4. The van der Waals surface area contributed by atoms with Crippen LogP contribution in [0.5, 0.6) is 0 Å². The fraction of sp³-hybridized carbons (Fsp3) is 0.263. The number of rotatable bonds is 5. The van der Waals surface area contributed by atoms with Gasteiger partial charge in [-0.1, -0.05) is 24.3 Å². The van der Waals surface area contributed by atoms with E-state index in [-0.39, 0.29) is 19.7 Å². The van der Waals surface area contributed by atoms with Gasteiger partial charge in [0.1, 0.15) is 18.2 Å². The molecule has 1 fully saturated rings. The van der Waals surface area contributed by atoms with Crippen molar-refractivity contribution in [3.8, 4) is 0 Å². The van der Waals surface area contributed by atoms with E-state index in [1.54, 1.807) is 6.92 Å². The van der Waals surface area contributed by atoms with Gasteiger partial charge in [0.15, 0.2) is 5.60 Å². The number of nitrogens with zero attached hydrogens (tertiary/aromatic N) is 1. The first kappa shape index (κ1) is 17.8. The molecule has 0 N–H and O–H groups in total. The van der Waals surface area contributed by atoms with E-state index in [1.807, 2.05) is 0 Å². The molecule has 5 nitrogen and oxygen atoms in total. The predicted molar refractivity (Wildman–Crippen MR) is 88.3 cm³/mol. The van der Waals surface area contributed by atoms with E-state index in [9.17, 15) is 18.4 Å². The summed E-state index contributed by atoms with van der Waals surface area (Å²) in [4.78, 5) is 25.3. The molecule has 1 heterocycles. The summed E-state index contributed by atoms with van der Waals surface area (Å²) in [7, 11) is 0. The lowest BCUT2D eigenvalue weighted by atomic mass is 9.86. The monoisotopic (exact) mass is 361 g/mol. The van der Waals surface area contributed by atoms with Gasteiger partial charge in [0.05, 0.1) is 13.2 Å². The van der Waals surface area contributed by atoms with Gasteiger partial charge in [-0.05, 0) is 31.2 Å². The van der Waals surface area contributed by atoms with Crippen LogP contribution in [0.2, 0.25) is 0 Å². The number of esters is 1. The second-order valence-electron chi connectivity index (χ2n) is 5.87. The minimum atomic E-state index is -1.27. The zero-order valence-electron chi connectivity index (χ0n) is 14.1. The van der Waals surface area contributed by atoms with Crippen LogP contribution < -0.4 is 0 Å². The summed E-state index contributed by atoms with van der Waals surface area (Å²) in [6, 6.07) is 11.0. The van der Waals surface area contributed by atoms with Crippen molar-refractivity contribution in [3.05, 3.63) is 71.3 Å². The fourth-order valence-electron chi connectivity index (χ4n) is 2.97. The van der Waals surface area contributed by atoms with Crippen LogP contribution in [-0.4, -0.2) is 36.7 Å². The normalized spacial score (nSPS) is 15.7. The van der Waals surface area contributed by atoms with Gasteiger partial charge in [-0.15, -0.1) is 0 Å². The van der Waals surface area contributed by atoms with Crippen LogP contribution in [0, 0.1) is 11.6 Å². The van der Waals surface area contributed by atoms with Gasteiger partial charge >= 0.3 is 12.1 Å². The molecule has 0 aromatic heterocycles.